The first-order valence-electron chi connectivity index (χ1n) is 10.8. The van der Waals surface area contributed by atoms with Crippen LogP contribution in [-0.4, -0.2) is 18.2 Å². The van der Waals surface area contributed by atoms with E-state index in [2.05, 4.69) is 60.4 Å². The lowest BCUT2D eigenvalue weighted by molar-refractivity contribution is 0.0925. The minimum atomic E-state index is -0.304. The Morgan fingerprint density at radius 2 is 1.61 bits per heavy atom. The van der Waals surface area contributed by atoms with Crippen molar-refractivity contribution >= 4 is 11.0 Å². The fourth-order valence-corrected chi connectivity index (χ4v) is 4.49. The number of benzene rings is 3. The van der Waals surface area contributed by atoms with Crippen molar-refractivity contribution in [3.63, 3.8) is 0 Å². The number of fused-ring (bicyclic) bond motifs is 3. The molecule has 0 spiro atoms. The highest BCUT2D eigenvalue weighted by Gasteiger charge is 2.25. The van der Waals surface area contributed by atoms with Gasteiger partial charge in [-0.2, -0.15) is 0 Å². The molecule has 1 aromatic heterocycles. The summed E-state index contributed by atoms with van der Waals surface area (Å²) >= 11 is 0. The predicted octanol–water partition coefficient (Wildman–Crippen LogP) is 5.34. The normalized spacial score (nSPS) is 13.9. The number of ether oxygens (including phenoxy) is 1. The summed E-state index contributed by atoms with van der Waals surface area (Å²) in [5, 5.41) is 0.994. The highest BCUT2D eigenvalue weighted by molar-refractivity contribution is 5.85. The molecule has 0 unspecified atom stereocenters. The van der Waals surface area contributed by atoms with E-state index in [-0.39, 0.29) is 11.5 Å². The first-order chi connectivity index (χ1) is 15.2. The molecule has 0 amide bonds. The van der Waals surface area contributed by atoms with E-state index >= 15 is 0 Å². The number of rotatable bonds is 5. The molecule has 0 N–H and O–H groups in total. The van der Waals surface area contributed by atoms with Gasteiger partial charge in [-0.3, -0.25) is 4.90 Å². The van der Waals surface area contributed by atoms with Crippen LogP contribution in [0.2, 0.25) is 0 Å². The van der Waals surface area contributed by atoms with E-state index in [0.717, 1.165) is 35.2 Å². The van der Waals surface area contributed by atoms with E-state index in [0.29, 0.717) is 18.9 Å². The second-order valence-electron chi connectivity index (χ2n) is 8.02. The predicted molar refractivity (Wildman–Crippen MR) is 122 cm³/mol. The van der Waals surface area contributed by atoms with E-state index in [4.69, 9.17) is 9.15 Å². The molecule has 31 heavy (non-hydrogen) atoms. The Hall–Kier alpha value is -3.37. The van der Waals surface area contributed by atoms with Gasteiger partial charge in [0.1, 0.15) is 18.1 Å². The molecule has 0 radical (unpaired) electrons. The zero-order chi connectivity index (χ0) is 21.2. The van der Waals surface area contributed by atoms with Crippen LogP contribution in [0.1, 0.15) is 35.1 Å². The number of aryl methyl sites for hydroxylation is 1. The molecular formula is C27H25NO3. The molecule has 0 bridgehead atoms. The summed E-state index contributed by atoms with van der Waals surface area (Å²) in [6.45, 7) is 4.05. The smallest absolute Gasteiger partial charge is 0.336 e. The van der Waals surface area contributed by atoms with Crippen LogP contribution in [0, 0.1) is 0 Å². The molecule has 5 rings (SSSR count). The zero-order valence-electron chi connectivity index (χ0n) is 17.6. The number of hydrogen-bond acceptors (Lipinski definition) is 4. The molecule has 0 fully saturated rings. The SMILES string of the molecule is CCc1cc(=O)oc2c3c(ccc12)OCN(CC(c1ccccc1)c1ccccc1)C3. The standard InChI is InChI=1S/C27H25NO3/c1-2-19-15-26(29)31-27-22(19)13-14-25-24(27)17-28(18-30-25)16-23(20-9-5-3-6-10-20)21-11-7-4-8-12-21/h3-15,23H,2,16-18H2,1H3. The highest BCUT2D eigenvalue weighted by Crippen LogP contribution is 2.35. The molecule has 3 aromatic carbocycles. The van der Waals surface area contributed by atoms with Crippen LogP contribution in [0.5, 0.6) is 5.75 Å². The van der Waals surface area contributed by atoms with E-state index in [1.165, 1.54) is 11.1 Å². The van der Waals surface area contributed by atoms with Crippen molar-refractivity contribution in [2.24, 2.45) is 0 Å². The third-order valence-electron chi connectivity index (χ3n) is 6.07. The van der Waals surface area contributed by atoms with Gasteiger partial charge in [-0.1, -0.05) is 67.6 Å². The van der Waals surface area contributed by atoms with Crippen LogP contribution in [-0.2, 0) is 13.0 Å². The molecule has 1 aliphatic heterocycles. The van der Waals surface area contributed by atoms with Crippen LogP contribution < -0.4 is 10.4 Å². The molecule has 0 aliphatic carbocycles. The minimum Gasteiger partial charge on any atom is -0.478 e. The summed E-state index contributed by atoms with van der Waals surface area (Å²) in [5.74, 6) is 1.02. The Balaban J connectivity index is 1.51. The Kier molecular flexibility index (Phi) is 5.31. The van der Waals surface area contributed by atoms with Crippen molar-refractivity contribution in [2.75, 3.05) is 13.3 Å². The van der Waals surface area contributed by atoms with Crippen molar-refractivity contribution in [1.82, 2.24) is 4.90 Å². The van der Waals surface area contributed by atoms with Crippen molar-refractivity contribution in [3.05, 3.63) is 112 Å². The zero-order valence-corrected chi connectivity index (χ0v) is 17.6. The lowest BCUT2D eigenvalue weighted by Crippen LogP contribution is -2.35. The van der Waals surface area contributed by atoms with Crippen LogP contribution in [0.15, 0.2) is 88.1 Å². The molecule has 4 heteroatoms. The lowest BCUT2D eigenvalue weighted by Gasteiger charge is -2.32. The molecule has 1 aliphatic rings. The fraction of sp³-hybridized carbons (Fsp3) is 0.222. The molecule has 4 nitrogen and oxygen atoms in total. The van der Waals surface area contributed by atoms with Gasteiger partial charge in [-0.15, -0.1) is 0 Å². The van der Waals surface area contributed by atoms with Crippen LogP contribution in [0.4, 0.5) is 0 Å². The van der Waals surface area contributed by atoms with Crippen LogP contribution in [0.25, 0.3) is 11.0 Å². The average Bonchev–Trinajstić information content (AvgIpc) is 2.83. The Labute approximate surface area is 181 Å². The molecular weight excluding hydrogens is 386 g/mol. The van der Waals surface area contributed by atoms with E-state index in [1.807, 2.05) is 24.3 Å². The van der Waals surface area contributed by atoms with Gasteiger partial charge < -0.3 is 9.15 Å². The average molecular weight is 412 g/mol. The molecule has 0 saturated heterocycles. The quantitative estimate of drug-likeness (QED) is 0.416. The number of hydrogen-bond donors (Lipinski definition) is 0. The van der Waals surface area contributed by atoms with E-state index < -0.39 is 0 Å². The van der Waals surface area contributed by atoms with Gasteiger partial charge in [0.2, 0.25) is 0 Å². The van der Waals surface area contributed by atoms with Crippen molar-refractivity contribution < 1.29 is 9.15 Å². The van der Waals surface area contributed by atoms with E-state index in [9.17, 15) is 4.79 Å². The number of nitrogens with zero attached hydrogens (tertiary/aromatic N) is 1. The molecule has 156 valence electrons. The van der Waals surface area contributed by atoms with Gasteiger partial charge in [-0.05, 0) is 35.2 Å². The maximum Gasteiger partial charge on any atom is 0.336 e. The third kappa shape index (κ3) is 3.87. The maximum atomic E-state index is 12.2. The van der Waals surface area contributed by atoms with Gasteiger partial charge in [0, 0.05) is 30.5 Å². The third-order valence-corrected chi connectivity index (χ3v) is 6.07. The topological polar surface area (TPSA) is 42.7 Å². The summed E-state index contributed by atoms with van der Waals surface area (Å²) < 4.78 is 11.8. The van der Waals surface area contributed by atoms with Crippen molar-refractivity contribution in [2.45, 2.75) is 25.8 Å². The second kappa shape index (κ2) is 8.40. The van der Waals surface area contributed by atoms with Gasteiger partial charge in [0.25, 0.3) is 0 Å². The largest absolute Gasteiger partial charge is 0.478 e. The lowest BCUT2D eigenvalue weighted by atomic mass is 9.90. The van der Waals surface area contributed by atoms with Crippen LogP contribution in [0.3, 0.4) is 0 Å². The first-order valence-corrected chi connectivity index (χ1v) is 10.8. The summed E-state index contributed by atoms with van der Waals surface area (Å²) in [4.78, 5) is 14.4. The maximum absolute atomic E-state index is 12.2. The van der Waals surface area contributed by atoms with Gasteiger partial charge in [0.05, 0.1) is 5.56 Å². The first kappa shape index (κ1) is 19.6. The molecule has 0 saturated carbocycles. The van der Waals surface area contributed by atoms with Gasteiger partial charge in [-0.25, -0.2) is 4.79 Å². The molecule has 4 aromatic rings. The molecule has 0 atom stereocenters. The van der Waals surface area contributed by atoms with E-state index in [1.54, 1.807) is 6.07 Å². The summed E-state index contributed by atoms with van der Waals surface area (Å²) in [7, 11) is 0. The Morgan fingerprint density at radius 1 is 0.935 bits per heavy atom. The van der Waals surface area contributed by atoms with Crippen LogP contribution >= 0.6 is 0 Å². The van der Waals surface area contributed by atoms with Gasteiger partial charge in [0.15, 0.2) is 0 Å². The second-order valence-corrected chi connectivity index (χ2v) is 8.02. The summed E-state index contributed by atoms with van der Waals surface area (Å²) in [6.07, 6.45) is 0.787. The molecule has 2 heterocycles. The van der Waals surface area contributed by atoms with Crippen molar-refractivity contribution in [3.8, 4) is 5.75 Å². The minimum absolute atomic E-state index is 0.223. The fourth-order valence-electron chi connectivity index (χ4n) is 4.49. The van der Waals surface area contributed by atoms with Crippen molar-refractivity contribution in [1.29, 1.82) is 0 Å². The Morgan fingerprint density at radius 3 is 2.26 bits per heavy atom. The van der Waals surface area contributed by atoms with Gasteiger partial charge >= 0.3 is 5.63 Å². The highest BCUT2D eigenvalue weighted by atomic mass is 16.5. The summed E-state index contributed by atoms with van der Waals surface area (Å²) in [5.41, 5.74) is 4.87. The summed E-state index contributed by atoms with van der Waals surface area (Å²) in [6, 6.07) is 26.7. The Bertz CT molecular complexity index is 1210. The monoisotopic (exact) mass is 411 g/mol.